The number of amides is 1. The van der Waals surface area contributed by atoms with Crippen LogP contribution in [0.5, 0.6) is 0 Å². The number of fused-ring (bicyclic) bond motifs is 1. The van der Waals surface area contributed by atoms with Crippen molar-refractivity contribution in [2.45, 2.75) is 51.8 Å². The molecule has 0 saturated heterocycles. The van der Waals surface area contributed by atoms with E-state index >= 15 is 0 Å². The molecule has 1 aromatic carbocycles. The van der Waals surface area contributed by atoms with Crippen LogP contribution in [0.15, 0.2) is 24.3 Å². The van der Waals surface area contributed by atoms with Gasteiger partial charge in [0.15, 0.2) is 0 Å². The molecule has 0 aromatic heterocycles. The van der Waals surface area contributed by atoms with Crippen LogP contribution in [0.25, 0.3) is 0 Å². The normalized spacial score (nSPS) is 18.2. The Kier molecular flexibility index (Phi) is 5.42. The third-order valence-electron chi connectivity index (χ3n) is 3.83. The number of carbonyl (C=O) groups is 2. The van der Waals surface area contributed by atoms with Gasteiger partial charge >= 0.3 is 5.97 Å². The summed E-state index contributed by atoms with van der Waals surface area (Å²) in [6.45, 7) is 6.56. The summed E-state index contributed by atoms with van der Waals surface area (Å²) in [5.74, 6) is -0.328. The predicted molar refractivity (Wildman–Crippen MR) is 88.9 cm³/mol. The molecular weight excluding hydrogens is 292 g/mol. The zero-order valence-corrected chi connectivity index (χ0v) is 14.4. The smallest absolute Gasteiger partial charge is 0.308 e. The summed E-state index contributed by atoms with van der Waals surface area (Å²) in [5.41, 5.74) is 2.00. The molecule has 5 nitrogen and oxygen atoms in total. The first kappa shape index (κ1) is 17.5. The van der Waals surface area contributed by atoms with Gasteiger partial charge in [-0.3, -0.25) is 14.5 Å². The fraction of sp³-hybridized carbons (Fsp3) is 0.556. The van der Waals surface area contributed by atoms with Crippen LogP contribution in [0.2, 0.25) is 0 Å². The van der Waals surface area contributed by atoms with Gasteiger partial charge in [0.2, 0.25) is 5.91 Å². The predicted octanol–water partition coefficient (Wildman–Crippen LogP) is 1.89. The minimum atomic E-state index is -0.492. The number of esters is 1. The van der Waals surface area contributed by atoms with Crippen molar-refractivity contribution < 1.29 is 14.3 Å². The van der Waals surface area contributed by atoms with E-state index in [9.17, 15) is 9.59 Å². The van der Waals surface area contributed by atoms with E-state index in [1.165, 1.54) is 11.1 Å². The molecule has 1 amide bonds. The van der Waals surface area contributed by atoms with Crippen molar-refractivity contribution in [1.29, 1.82) is 0 Å². The fourth-order valence-corrected chi connectivity index (χ4v) is 2.74. The lowest BCUT2D eigenvalue weighted by Gasteiger charge is -2.33. The lowest BCUT2D eigenvalue weighted by atomic mass is 9.94. The van der Waals surface area contributed by atoms with Crippen LogP contribution in [0.3, 0.4) is 0 Å². The molecule has 0 bridgehead atoms. The summed E-state index contributed by atoms with van der Waals surface area (Å²) in [5, 5.41) is 2.85. The maximum absolute atomic E-state index is 12.4. The van der Waals surface area contributed by atoms with Gasteiger partial charge in [0.25, 0.3) is 0 Å². The maximum Gasteiger partial charge on any atom is 0.308 e. The van der Waals surface area contributed by atoms with E-state index < -0.39 is 5.60 Å². The zero-order valence-electron chi connectivity index (χ0n) is 14.4. The van der Waals surface area contributed by atoms with Crippen LogP contribution in [0.4, 0.5) is 0 Å². The standard InChI is InChI=1S/C18H26N2O3/c1-18(2,3)23-16(21)9-10-19-17(22)15-11-13-7-5-6-8-14(13)12-20(15)4/h5-8,15H,9-12H2,1-4H3,(H,19,22). The minimum absolute atomic E-state index is 0.0365. The average Bonchev–Trinajstić information content (AvgIpc) is 2.44. The number of nitrogens with zero attached hydrogens (tertiary/aromatic N) is 1. The summed E-state index contributed by atoms with van der Waals surface area (Å²) in [4.78, 5) is 26.1. The number of ether oxygens (including phenoxy) is 1. The maximum atomic E-state index is 12.4. The molecule has 126 valence electrons. The molecule has 0 radical (unpaired) electrons. The summed E-state index contributed by atoms with van der Waals surface area (Å²) < 4.78 is 5.23. The van der Waals surface area contributed by atoms with E-state index in [4.69, 9.17) is 4.74 Å². The van der Waals surface area contributed by atoms with E-state index in [0.29, 0.717) is 13.0 Å². The van der Waals surface area contributed by atoms with Crippen molar-refractivity contribution >= 4 is 11.9 Å². The van der Waals surface area contributed by atoms with E-state index in [2.05, 4.69) is 17.4 Å². The average molecular weight is 318 g/mol. The molecule has 0 fully saturated rings. The first-order valence-electron chi connectivity index (χ1n) is 8.03. The molecule has 1 atom stereocenters. The second-order valence-corrected chi connectivity index (χ2v) is 7.03. The Bertz CT molecular complexity index is 578. The molecule has 1 heterocycles. The van der Waals surface area contributed by atoms with Gasteiger partial charge in [-0.2, -0.15) is 0 Å². The molecule has 1 unspecified atom stereocenters. The monoisotopic (exact) mass is 318 g/mol. The number of hydrogen-bond acceptors (Lipinski definition) is 4. The topological polar surface area (TPSA) is 58.6 Å². The largest absolute Gasteiger partial charge is 0.460 e. The van der Waals surface area contributed by atoms with E-state index in [1.807, 2.05) is 44.9 Å². The quantitative estimate of drug-likeness (QED) is 0.861. The molecule has 1 N–H and O–H groups in total. The van der Waals surface area contributed by atoms with Crippen LogP contribution in [-0.2, 0) is 27.3 Å². The van der Waals surface area contributed by atoms with Crippen LogP contribution >= 0.6 is 0 Å². The van der Waals surface area contributed by atoms with Gasteiger partial charge in [0.05, 0.1) is 12.5 Å². The van der Waals surface area contributed by atoms with Crippen LogP contribution < -0.4 is 5.32 Å². The highest BCUT2D eigenvalue weighted by atomic mass is 16.6. The Morgan fingerprint density at radius 3 is 2.57 bits per heavy atom. The molecule has 0 aliphatic carbocycles. The molecule has 0 saturated carbocycles. The molecular formula is C18H26N2O3. The Labute approximate surface area is 138 Å². The zero-order chi connectivity index (χ0) is 17.0. The van der Waals surface area contributed by atoms with Crippen molar-refractivity contribution in [1.82, 2.24) is 10.2 Å². The molecule has 1 aliphatic heterocycles. The third kappa shape index (κ3) is 5.06. The third-order valence-corrected chi connectivity index (χ3v) is 3.83. The van der Waals surface area contributed by atoms with E-state index in [1.54, 1.807) is 0 Å². The summed E-state index contributed by atoms with van der Waals surface area (Å²) >= 11 is 0. The van der Waals surface area contributed by atoms with Crippen LogP contribution in [-0.4, -0.2) is 42.0 Å². The molecule has 23 heavy (non-hydrogen) atoms. The lowest BCUT2D eigenvalue weighted by molar-refractivity contribution is -0.154. The highest BCUT2D eigenvalue weighted by Crippen LogP contribution is 2.21. The Morgan fingerprint density at radius 1 is 1.26 bits per heavy atom. The van der Waals surface area contributed by atoms with Crippen molar-refractivity contribution in [2.75, 3.05) is 13.6 Å². The minimum Gasteiger partial charge on any atom is -0.460 e. The van der Waals surface area contributed by atoms with Crippen molar-refractivity contribution in [3.05, 3.63) is 35.4 Å². The van der Waals surface area contributed by atoms with Gasteiger partial charge in [-0.05, 0) is 45.4 Å². The Hall–Kier alpha value is -1.88. The molecule has 5 heteroatoms. The van der Waals surface area contributed by atoms with Crippen molar-refractivity contribution in [3.63, 3.8) is 0 Å². The van der Waals surface area contributed by atoms with Crippen molar-refractivity contribution in [2.24, 2.45) is 0 Å². The fourth-order valence-electron chi connectivity index (χ4n) is 2.74. The highest BCUT2D eigenvalue weighted by molar-refractivity contribution is 5.83. The van der Waals surface area contributed by atoms with Gasteiger partial charge in [0.1, 0.15) is 5.60 Å². The Balaban J connectivity index is 1.83. The lowest BCUT2D eigenvalue weighted by Crippen LogP contribution is -2.48. The SMILES string of the molecule is CN1Cc2ccccc2CC1C(=O)NCCC(=O)OC(C)(C)C. The molecule has 1 aromatic rings. The van der Waals surface area contributed by atoms with Crippen molar-refractivity contribution in [3.8, 4) is 0 Å². The first-order valence-corrected chi connectivity index (χ1v) is 8.03. The number of benzene rings is 1. The second-order valence-electron chi connectivity index (χ2n) is 7.03. The number of hydrogen-bond donors (Lipinski definition) is 1. The summed E-state index contributed by atoms with van der Waals surface area (Å²) in [6, 6.07) is 8.00. The number of carbonyl (C=O) groups excluding carboxylic acids is 2. The van der Waals surface area contributed by atoms with Crippen LogP contribution in [0, 0.1) is 0 Å². The molecule has 2 rings (SSSR count). The summed E-state index contributed by atoms with van der Waals surface area (Å²) in [7, 11) is 1.95. The number of rotatable bonds is 4. The second kappa shape index (κ2) is 7.13. The Morgan fingerprint density at radius 2 is 1.91 bits per heavy atom. The molecule has 1 aliphatic rings. The summed E-state index contributed by atoms with van der Waals surface area (Å²) in [6.07, 6.45) is 0.890. The highest BCUT2D eigenvalue weighted by Gasteiger charge is 2.28. The van der Waals surface area contributed by atoms with E-state index in [0.717, 1.165) is 6.54 Å². The van der Waals surface area contributed by atoms with Gasteiger partial charge in [-0.25, -0.2) is 0 Å². The first-order chi connectivity index (χ1) is 10.8. The number of likely N-dealkylation sites (N-methyl/N-ethyl adjacent to an activating group) is 1. The van der Waals surface area contributed by atoms with Gasteiger partial charge < -0.3 is 10.1 Å². The van der Waals surface area contributed by atoms with E-state index in [-0.39, 0.29) is 24.3 Å². The molecule has 0 spiro atoms. The number of nitrogens with one attached hydrogen (secondary N) is 1. The van der Waals surface area contributed by atoms with Gasteiger partial charge in [-0.15, -0.1) is 0 Å². The van der Waals surface area contributed by atoms with Gasteiger partial charge in [-0.1, -0.05) is 24.3 Å². The van der Waals surface area contributed by atoms with Gasteiger partial charge in [0, 0.05) is 13.1 Å². The van der Waals surface area contributed by atoms with Crippen LogP contribution in [0.1, 0.15) is 38.3 Å².